The van der Waals surface area contributed by atoms with Gasteiger partial charge in [0, 0.05) is 18.0 Å². The average molecular weight is 284 g/mol. The first-order chi connectivity index (χ1) is 9.02. The SMILES string of the molecule is CCC1(C(=O)c2c(Cl)cnn2C(C)C)CCCNC1. The van der Waals surface area contributed by atoms with E-state index in [4.69, 9.17) is 11.6 Å². The predicted molar refractivity (Wildman–Crippen MR) is 76.8 cm³/mol. The minimum atomic E-state index is -0.325. The number of nitrogens with one attached hydrogen (secondary N) is 1. The van der Waals surface area contributed by atoms with E-state index in [1.807, 2.05) is 13.8 Å². The summed E-state index contributed by atoms with van der Waals surface area (Å²) in [4.78, 5) is 13.0. The number of rotatable bonds is 4. The second-order valence-electron chi connectivity index (χ2n) is 5.62. The first kappa shape index (κ1) is 14.5. The van der Waals surface area contributed by atoms with Crippen molar-refractivity contribution in [2.45, 2.75) is 46.1 Å². The summed E-state index contributed by atoms with van der Waals surface area (Å²) < 4.78 is 1.75. The van der Waals surface area contributed by atoms with Gasteiger partial charge >= 0.3 is 0 Å². The number of hydrogen-bond donors (Lipinski definition) is 1. The molecule has 0 amide bonds. The van der Waals surface area contributed by atoms with Crippen LogP contribution in [-0.4, -0.2) is 28.7 Å². The number of Topliss-reactive ketones (excluding diaryl/α,β-unsaturated/α-hetero) is 1. The standard InChI is InChI=1S/C14H22ClN3O/c1-4-14(6-5-7-16-9-14)13(19)12-11(15)8-17-18(12)10(2)3/h8,10,16H,4-7,9H2,1-3H3. The minimum Gasteiger partial charge on any atom is -0.316 e. The Morgan fingerprint density at radius 3 is 2.89 bits per heavy atom. The van der Waals surface area contributed by atoms with Crippen molar-refractivity contribution in [2.75, 3.05) is 13.1 Å². The van der Waals surface area contributed by atoms with E-state index in [1.165, 1.54) is 0 Å². The highest BCUT2D eigenvalue weighted by Crippen LogP contribution is 2.36. The van der Waals surface area contributed by atoms with Crippen molar-refractivity contribution in [3.05, 3.63) is 16.9 Å². The molecule has 0 aliphatic carbocycles. The molecule has 0 saturated carbocycles. The van der Waals surface area contributed by atoms with Gasteiger partial charge in [0.2, 0.25) is 0 Å². The fourth-order valence-corrected chi connectivity index (χ4v) is 3.04. The van der Waals surface area contributed by atoms with Crippen LogP contribution in [0.4, 0.5) is 0 Å². The number of aromatic nitrogens is 2. The lowest BCUT2D eigenvalue weighted by molar-refractivity contribution is 0.0716. The molecule has 106 valence electrons. The van der Waals surface area contributed by atoms with Crippen LogP contribution in [0, 0.1) is 5.41 Å². The van der Waals surface area contributed by atoms with Gasteiger partial charge in [-0.2, -0.15) is 5.10 Å². The van der Waals surface area contributed by atoms with Crippen molar-refractivity contribution >= 4 is 17.4 Å². The van der Waals surface area contributed by atoms with Gasteiger partial charge in [-0.05, 0) is 39.7 Å². The minimum absolute atomic E-state index is 0.136. The van der Waals surface area contributed by atoms with Crippen molar-refractivity contribution in [3.63, 3.8) is 0 Å². The van der Waals surface area contributed by atoms with Crippen molar-refractivity contribution in [1.29, 1.82) is 0 Å². The van der Waals surface area contributed by atoms with Crippen molar-refractivity contribution in [2.24, 2.45) is 5.41 Å². The quantitative estimate of drug-likeness (QED) is 0.864. The number of nitrogens with zero attached hydrogens (tertiary/aromatic N) is 2. The summed E-state index contributed by atoms with van der Waals surface area (Å²) in [5, 5.41) is 8.05. The van der Waals surface area contributed by atoms with Crippen molar-refractivity contribution < 1.29 is 4.79 Å². The highest BCUT2D eigenvalue weighted by Gasteiger charge is 2.40. The zero-order valence-electron chi connectivity index (χ0n) is 11.9. The molecule has 2 rings (SSSR count). The Labute approximate surface area is 119 Å². The molecule has 1 atom stereocenters. The molecule has 1 unspecified atom stereocenters. The van der Waals surface area contributed by atoms with Crippen LogP contribution in [-0.2, 0) is 0 Å². The van der Waals surface area contributed by atoms with E-state index in [0.717, 1.165) is 32.4 Å². The molecular weight excluding hydrogens is 262 g/mol. The Bertz CT molecular complexity index is 461. The van der Waals surface area contributed by atoms with Gasteiger partial charge in [0.25, 0.3) is 0 Å². The average Bonchev–Trinajstić information content (AvgIpc) is 2.80. The van der Waals surface area contributed by atoms with E-state index in [0.29, 0.717) is 10.7 Å². The summed E-state index contributed by atoms with van der Waals surface area (Å²) >= 11 is 6.20. The molecule has 0 aromatic carbocycles. The van der Waals surface area contributed by atoms with Gasteiger partial charge in [-0.1, -0.05) is 18.5 Å². The highest BCUT2D eigenvalue weighted by atomic mass is 35.5. The summed E-state index contributed by atoms with van der Waals surface area (Å²) in [6, 6.07) is 0.136. The molecule has 0 radical (unpaired) electrons. The third kappa shape index (κ3) is 2.56. The Morgan fingerprint density at radius 1 is 1.63 bits per heavy atom. The first-order valence-corrected chi connectivity index (χ1v) is 7.38. The fourth-order valence-electron chi connectivity index (χ4n) is 2.82. The zero-order valence-corrected chi connectivity index (χ0v) is 12.6. The topological polar surface area (TPSA) is 46.9 Å². The molecule has 1 N–H and O–H groups in total. The van der Waals surface area contributed by atoms with E-state index >= 15 is 0 Å². The number of carbonyl (C=O) groups is 1. The molecule has 0 spiro atoms. The van der Waals surface area contributed by atoms with Gasteiger partial charge in [0.1, 0.15) is 5.69 Å². The Morgan fingerprint density at radius 2 is 2.37 bits per heavy atom. The molecule has 4 nitrogen and oxygen atoms in total. The van der Waals surface area contributed by atoms with Crippen molar-refractivity contribution in [1.82, 2.24) is 15.1 Å². The number of ketones is 1. The van der Waals surface area contributed by atoms with Gasteiger partial charge in [0.05, 0.1) is 11.2 Å². The summed E-state index contributed by atoms with van der Waals surface area (Å²) in [7, 11) is 0. The van der Waals surface area contributed by atoms with Gasteiger partial charge in [-0.3, -0.25) is 9.48 Å². The maximum absolute atomic E-state index is 13.0. The van der Waals surface area contributed by atoms with Crippen LogP contribution in [0.5, 0.6) is 0 Å². The van der Waals surface area contributed by atoms with Crippen molar-refractivity contribution in [3.8, 4) is 0 Å². The monoisotopic (exact) mass is 283 g/mol. The van der Waals surface area contributed by atoms with Crippen LogP contribution in [0.15, 0.2) is 6.20 Å². The van der Waals surface area contributed by atoms with Gasteiger partial charge in [0.15, 0.2) is 5.78 Å². The van der Waals surface area contributed by atoms with Crippen LogP contribution < -0.4 is 5.32 Å². The molecular formula is C14H22ClN3O. The number of halogens is 1. The fraction of sp³-hybridized carbons (Fsp3) is 0.714. The number of piperidine rings is 1. The lowest BCUT2D eigenvalue weighted by Crippen LogP contribution is -2.45. The molecule has 0 bridgehead atoms. The normalized spacial score (nSPS) is 23.8. The predicted octanol–water partition coefficient (Wildman–Crippen LogP) is 3.08. The third-order valence-corrected chi connectivity index (χ3v) is 4.36. The molecule has 2 heterocycles. The summed E-state index contributed by atoms with van der Waals surface area (Å²) in [5.41, 5.74) is 0.247. The molecule has 19 heavy (non-hydrogen) atoms. The molecule has 1 fully saturated rings. The molecule has 1 aromatic rings. The molecule has 1 aliphatic rings. The van der Waals surface area contributed by atoms with E-state index in [9.17, 15) is 4.79 Å². The highest BCUT2D eigenvalue weighted by molar-refractivity contribution is 6.33. The second-order valence-corrected chi connectivity index (χ2v) is 6.03. The Kier molecular flexibility index (Phi) is 4.31. The summed E-state index contributed by atoms with van der Waals surface area (Å²) in [6.45, 7) is 7.83. The Hall–Kier alpha value is -0.870. The van der Waals surface area contributed by atoms with E-state index in [2.05, 4.69) is 17.3 Å². The zero-order chi connectivity index (χ0) is 14.0. The van der Waals surface area contributed by atoms with Crippen LogP contribution in [0.2, 0.25) is 5.02 Å². The summed E-state index contributed by atoms with van der Waals surface area (Å²) in [5.74, 6) is 0.137. The molecule has 1 aromatic heterocycles. The summed E-state index contributed by atoms with van der Waals surface area (Å²) in [6.07, 6.45) is 4.37. The maximum atomic E-state index is 13.0. The van der Waals surface area contributed by atoms with Crippen LogP contribution in [0.1, 0.15) is 56.6 Å². The van der Waals surface area contributed by atoms with E-state index in [1.54, 1.807) is 10.9 Å². The van der Waals surface area contributed by atoms with Crippen LogP contribution in [0.25, 0.3) is 0 Å². The molecule has 1 saturated heterocycles. The Balaban J connectivity index is 2.40. The molecule has 5 heteroatoms. The van der Waals surface area contributed by atoms with Crippen LogP contribution in [0.3, 0.4) is 0 Å². The van der Waals surface area contributed by atoms with E-state index in [-0.39, 0.29) is 17.2 Å². The number of hydrogen-bond acceptors (Lipinski definition) is 3. The lowest BCUT2D eigenvalue weighted by Gasteiger charge is -2.35. The lowest BCUT2D eigenvalue weighted by atomic mass is 9.73. The number of carbonyl (C=O) groups excluding carboxylic acids is 1. The second kappa shape index (κ2) is 5.63. The smallest absolute Gasteiger partial charge is 0.189 e. The van der Waals surface area contributed by atoms with Gasteiger partial charge < -0.3 is 5.32 Å². The van der Waals surface area contributed by atoms with Gasteiger partial charge in [-0.25, -0.2) is 0 Å². The van der Waals surface area contributed by atoms with Crippen LogP contribution >= 0.6 is 11.6 Å². The maximum Gasteiger partial charge on any atom is 0.189 e. The van der Waals surface area contributed by atoms with E-state index < -0.39 is 0 Å². The molecule has 1 aliphatic heterocycles. The third-order valence-electron chi connectivity index (χ3n) is 4.09. The van der Waals surface area contributed by atoms with Gasteiger partial charge in [-0.15, -0.1) is 0 Å². The first-order valence-electron chi connectivity index (χ1n) is 7.00. The largest absolute Gasteiger partial charge is 0.316 e.